The summed E-state index contributed by atoms with van der Waals surface area (Å²) in [6.45, 7) is 4.05. The standard InChI is InChI=1S/C19H18FN7/c1-10-8-12(19-23-26-27(3)24-19)9-11(2)17(10)13-4-6-15(20)18-14(13)5-7-16(18)22-25-21/h4,6,8-9,16H,5,7H2,1-3H3. The van der Waals surface area contributed by atoms with E-state index in [0.29, 0.717) is 24.2 Å². The van der Waals surface area contributed by atoms with Crippen LogP contribution in [0.5, 0.6) is 0 Å². The first-order valence-corrected chi connectivity index (χ1v) is 8.71. The van der Waals surface area contributed by atoms with Gasteiger partial charge in [0.05, 0.1) is 13.1 Å². The Balaban J connectivity index is 1.87. The molecule has 27 heavy (non-hydrogen) atoms. The third kappa shape index (κ3) is 2.84. The number of benzene rings is 2. The normalized spacial score (nSPS) is 15.5. The fourth-order valence-corrected chi connectivity index (χ4v) is 4.02. The fourth-order valence-electron chi connectivity index (χ4n) is 4.02. The summed E-state index contributed by atoms with van der Waals surface area (Å²) < 4.78 is 14.4. The SMILES string of the molecule is Cc1cc(-c2nnn(C)n2)cc(C)c1-c1ccc(F)c2c1CCC2N=[N+]=[N-]. The first kappa shape index (κ1) is 17.2. The van der Waals surface area contributed by atoms with E-state index in [2.05, 4.69) is 25.4 Å². The van der Waals surface area contributed by atoms with Crippen LogP contribution >= 0.6 is 0 Å². The summed E-state index contributed by atoms with van der Waals surface area (Å²) in [7, 11) is 1.73. The molecule has 0 fully saturated rings. The second-order valence-electron chi connectivity index (χ2n) is 6.83. The van der Waals surface area contributed by atoms with Crippen molar-refractivity contribution in [3.8, 4) is 22.5 Å². The predicted octanol–water partition coefficient (Wildman–Crippen LogP) is 4.60. The zero-order chi connectivity index (χ0) is 19.1. The highest BCUT2D eigenvalue weighted by atomic mass is 19.1. The number of hydrogen-bond donors (Lipinski definition) is 0. The molecular formula is C19H18FN7. The Hall–Kier alpha value is -3.25. The van der Waals surface area contributed by atoms with Crippen LogP contribution in [0.2, 0.25) is 0 Å². The lowest BCUT2D eigenvalue weighted by Gasteiger charge is -2.16. The van der Waals surface area contributed by atoms with E-state index in [4.69, 9.17) is 5.53 Å². The van der Waals surface area contributed by atoms with Crippen molar-refractivity contribution in [3.63, 3.8) is 0 Å². The third-order valence-corrected chi connectivity index (χ3v) is 5.06. The van der Waals surface area contributed by atoms with Gasteiger partial charge in [0.1, 0.15) is 5.82 Å². The Labute approximate surface area is 155 Å². The third-order valence-electron chi connectivity index (χ3n) is 5.06. The van der Waals surface area contributed by atoms with Crippen LogP contribution in [0, 0.1) is 19.7 Å². The van der Waals surface area contributed by atoms with Crippen LogP contribution in [0.25, 0.3) is 33.0 Å². The molecule has 8 heteroatoms. The molecule has 7 nitrogen and oxygen atoms in total. The van der Waals surface area contributed by atoms with Crippen molar-refractivity contribution in [3.05, 3.63) is 62.8 Å². The van der Waals surface area contributed by atoms with Crippen molar-refractivity contribution in [1.29, 1.82) is 0 Å². The second-order valence-corrected chi connectivity index (χ2v) is 6.83. The molecule has 136 valence electrons. The van der Waals surface area contributed by atoms with E-state index in [1.54, 1.807) is 7.05 Å². The lowest BCUT2D eigenvalue weighted by Crippen LogP contribution is -1.99. The van der Waals surface area contributed by atoms with Gasteiger partial charge in [-0.25, -0.2) is 4.39 Å². The van der Waals surface area contributed by atoms with Gasteiger partial charge in [-0.2, -0.15) is 4.80 Å². The molecule has 1 unspecified atom stereocenters. The van der Waals surface area contributed by atoms with Crippen molar-refractivity contribution in [2.45, 2.75) is 32.7 Å². The maximum Gasteiger partial charge on any atom is 0.204 e. The van der Waals surface area contributed by atoms with Crippen molar-refractivity contribution >= 4 is 0 Å². The first-order chi connectivity index (χ1) is 13.0. The molecule has 0 amide bonds. The Morgan fingerprint density at radius 3 is 2.63 bits per heavy atom. The smallest absolute Gasteiger partial charge is 0.204 e. The van der Waals surface area contributed by atoms with Gasteiger partial charge in [-0.3, -0.25) is 0 Å². The lowest BCUT2D eigenvalue weighted by molar-refractivity contribution is 0.588. The van der Waals surface area contributed by atoms with Crippen LogP contribution in [0.1, 0.15) is 34.7 Å². The van der Waals surface area contributed by atoms with E-state index in [9.17, 15) is 4.39 Å². The van der Waals surface area contributed by atoms with Crippen LogP contribution in [0.3, 0.4) is 0 Å². The van der Waals surface area contributed by atoms with Gasteiger partial charge < -0.3 is 0 Å². The van der Waals surface area contributed by atoms with Crippen LogP contribution in [-0.2, 0) is 13.5 Å². The van der Waals surface area contributed by atoms with Gasteiger partial charge in [-0.1, -0.05) is 11.2 Å². The topological polar surface area (TPSA) is 92.4 Å². The van der Waals surface area contributed by atoms with Crippen molar-refractivity contribution in [2.75, 3.05) is 0 Å². The summed E-state index contributed by atoms with van der Waals surface area (Å²) in [6.07, 6.45) is 1.32. The van der Waals surface area contributed by atoms with E-state index in [1.807, 2.05) is 32.0 Å². The fraction of sp³-hybridized carbons (Fsp3) is 0.316. The zero-order valence-electron chi connectivity index (χ0n) is 15.3. The van der Waals surface area contributed by atoms with E-state index in [1.165, 1.54) is 10.9 Å². The summed E-state index contributed by atoms with van der Waals surface area (Å²) >= 11 is 0. The predicted molar refractivity (Wildman–Crippen MR) is 99.3 cm³/mol. The number of fused-ring (bicyclic) bond motifs is 1. The molecule has 1 aliphatic carbocycles. The number of hydrogen-bond acceptors (Lipinski definition) is 4. The van der Waals surface area contributed by atoms with Gasteiger partial charge in [-0.15, -0.1) is 10.2 Å². The molecule has 0 aliphatic heterocycles. The number of aryl methyl sites for hydroxylation is 3. The molecule has 2 aromatic carbocycles. The summed E-state index contributed by atoms with van der Waals surface area (Å²) in [5.41, 5.74) is 15.3. The average Bonchev–Trinajstić information content (AvgIpc) is 3.24. The molecule has 0 saturated heterocycles. The molecule has 0 bridgehead atoms. The Morgan fingerprint density at radius 2 is 2.00 bits per heavy atom. The number of halogens is 1. The molecular weight excluding hydrogens is 345 g/mol. The van der Waals surface area contributed by atoms with E-state index in [-0.39, 0.29) is 5.82 Å². The minimum Gasteiger partial charge on any atom is -0.207 e. The largest absolute Gasteiger partial charge is 0.207 e. The minimum absolute atomic E-state index is 0.306. The monoisotopic (exact) mass is 363 g/mol. The quantitative estimate of drug-likeness (QED) is 0.387. The van der Waals surface area contributed by atoms with Gasteiger partial charge >= 0.3 is 0 Å². The van der Waals surface area contributed by atoms with Crippen molar-refractivity contribution in [2.24, 2.45) is 12.2 Å². The molecule has 0 N–H and O–H groups in total. The highest BCUT2D eigenvalue weighted by molar-refractivity contribution is 5.78. The average molecular weight is 363 g/mol. The number of nitrogens with zero attached hydrogens (tertiary/aromatic N) is 7. The second kappa shape index (κ2) is 6.48. The summed E-state index contributed by atoms with van der Waals surface area (Å²) in [5.74, 6) is 0.266. The lowest BCUT2D eigenvalue weighted by atomic mass is 9.89. The molecule has 1 atom stereocenters. The highest BCUT2D eigenvalue weighted by Crippen LogP contribution is 2.43. The maximum atomic E-state index is 14.4. The van der Waals surface area contributed by atoms with Gasteiger partial charge in [0.2, 0.25) is 5.82 Å². The number of rotatable bonds is 3. The van der Waals surface area contributed by atoms with Crippen LogP contribution in [0.15, 0.2) is 29.4 Å². The summed E-state index contributed by atoms with van der Waals surface area (Å²) in [5, 5.41) is 16.0. The Morgan fingerprint density at radius 1 is 1.26 bits per heavy atom. The molecule has 0 spiro atoms. The number of azide groups is 1. The Kier molecular flexibility index (Phi) is 4.12. The van der Waals surface area contributed by atoms with Crippen LogP contribution < -0.4 is 0 Å². The molecule has 3 aromatic rings. The zero-order valence-corrected chi connectivity index (χ0v) is 15.3. The van der Waals surface area contributed by atoms with E-state index >= 15 is 0 Å². The molecule has 0 radical (unpaired) electrons. The minimum atomic E-state index is -0.436. The Bertz CT molecular complexity index is 1070. The van der Waals surface area contributed by atoms with Crippen molar-refractivity contribution < 1.29 is 4.39 Å². The highest BCUT2D eigenvalue weighted by Gasteiger charge is 2.28. The van der Waals surface area contributed by atoms with Crippen LogP contribution in [0.4, 0.5) is 4.39 Å². The van der Waals surface area contributed by atoms with Gasteiger partial charge in [0, 0.05) is 16.0 Å². The number of aromatic nitrogens is 4. The molecule has 1 aliphatic rings. The van der Waals surface area contributed by atoms with Gasteiger partial charge in [0.25, 0.3) is 0 Å². The molecule has 1 aromatic heterocycles. The van der Waals surface area contributed by atoms with Crippen molar-refractivity contribution in [1.82, 2.24) is 20.2 Å². The van der Waals surface area contributed by atoms with E-state index in [0.717, 1.165) is 33.4 Å². The number of tetrazole rings is 1. The van der Waals surface area contributed by atoms with Gasteiger partial charge in [-0.05, 0) is 83.4 Å². The van der Waals surface area contributed by atoms with Crippen LogP contribution in [-0.4, -0.2) is 20.2 Å². The molecule has 0 saturated carbocycles. The van der Waals surface area contributed by atoms with E-state index < -0.39 is 6.04 Å². The van der Waals surface area contributed by atoms with Gasteiger partial charge in [0.15, 0.2) is 0 Å². The molecule has 4 rings (SSSR count). The summed E-state index contributed by atoms with van der Waals surface area (Å²) in [4.78, 5) is 4.31. The summed E-state index contributed by atoms with van der Waals surface area (Å²) in [6, 6.07) is 6.90. The first-order valence-electron chi connectivity index (χ1n) is 8.71. The maximum absolute atomic E-state index is 14.4. The molecule has 1 heterocycles.